The Balaban J connectivity index is 1.60. The van der Waals surface area contributed by atoms with Crippen LogP contribution in [-0.4, -0.2) is 35.5 Å². The Morgan fingerprint density at radius 3 is 2.49 bits per heavy atom. The second-order valence-corrected chi connectivity index (χ2v) is 7.78. The Kier molecular flexibility index (Phi) is 8.35. The summed E-state index contributed by atoms with van der Waals surface area (Å²) < 4.78 is 19.2. The lowest BCUT2D eigenvalue weighted by Crippen LogP contribution is -2.34. The number of benzene rings is 3. The van der Waals surface area contributed by atoms with Crippen LogP contribution in [-0.2, 0) is 4.79 Å². The molecule has 0 radical (unpaired) electrons. The molecule has 35 heavy (non-hydrogen) atoms. The number of halogens is 2. The zero-order valence-electron chi connectivity index (χ0n) is 17.7. The molecule has 0 aliphatic rings. The van der Waals surface area contributed by atoms with Gasteiger partial charge >= 0.3 is 5.97 Å². The molecule has 0 atom stereocenters. The van der Waals surface area contributed by atoms with Gasteiger partial charge in [-0.25, -0.2) is 14.6 Å². The summed E-state index contributed by atoms with van der Waals surface area (Å²) in [6.07, 6.45) is 1.23. The van der Waals surface area contributed by atoms with Crippen molar-refractivity contribution in [1.82, 2.24) is 10.7 Å². The number of nitro benzene ring substituents is 1. The average Bonchev–Trinajstić information content (AvgIpc) is 2.84. The summed E-state index contributed by atoms with van der Waals surface area (Å²) in [4.78, 5) is 46.5. The first-order chi connectivity index (χ1) is 16.7. The lowest BCUT2D eigenvalue weighted by atomic mass is 10.2. The maximum absolute atomic E-state index is 13.2. The number of hydrogen-bond acceptors (Lipinski definition) is 7. The molecular weight excluding hydrogens is 527 g/mol. The highest BCUT2D eigenvalue weighted by molar-refractivity contribution is 9.10. The summed E-state index contributed by atoms with van der Waals surface area (Å²) in [5.41, 5.74) is 2.55. The van der Waals surface area contributed by atoms with E-state index in [1.54, 1.807) is 12.1 Å². The van der Waals surface area contributed by atoms with E-state index >= 15 is 0 Å². The number of non-ortho nitro benzene ring substituents is 1. The van der Waals surface area contributed by atoms with Gasteiger partial charge in [-0.05, 0) is 48.5 Å². The summed E-state index contributed by atoms with van der Waals surface area (Å²) in [7, 11) is 0. The van der Waals surface area contributed by atoms with E-state index in [0.717, 1.165) is 6.07 Å². The zero-order valence-corrected chi connectivity index (χ0v) is 19.3. The van der Waals surface area contributed by atoms with Gasteiger partial charge in [0.2, 0.25) is 0 Å². The van der Waals surface area contributed by atoms with E-state index in [0.29, 0.717) is 10.0 Å². The van der Waals surface area contributed by atoms with Crippen LogP contribution in [0.25, 0.3) is 0 Å². The topological polar surface area (TPSA) is 140 Å². The van der Waals surface area contributed by atoms with Gasteiger partial charge in [0.1, 0.15) is 11.6 Å². The number of carbonyl (C=O) groups is 3. The molecule has 0 heterocycles. The van der Waals surface area contributed by atoms with Gasteiger partial charge in [-0.3, -0.25) is 19.7 Å². The first-order valence-electron chi connectivity index (χ1n) is 9.85. The highest BCUT2D eigenvalue weighted by Crippen LogP contribution is 2.23. The molecule has 0 saturated heterocycles. The van der Waals surface area contributed by atoms with Crippen molar-refractivity contribution in [1.29, 1.82) is 0 Å². The van der Waals surface area contributed by atoms with Gasteiger partial charge in [0.25, 0.3) is 17.5 Å². The van der Waals surface area contributed by atoms with E-state index < -0.39 is 35.1 Å². The standard InChI is InChI=1S/C23H16BrFN4O6/c24-17-6-9-20(35-23(32)14-4-7-19(8-5-14)29(33)34)16(10-17)12-27-28-21(30)13-26-22(31)15-2-1-3-18(25)11-15/h1-12H,13H2,(H,26,31)(H,28,30)/b27-12-. The smallest absolute Gasteiger partial charge is 0.343 e. The molecular formula is C23H16BrFN4O6. The predicted molar refractivity (Wildman–Crippen MR) is 127 cm³/mol. The largest absolute Gasteiger partial charge is 0.422 e. The average molecular weight is 543 g/mol. The molecule has 3 aromatic rings. The SMILES string of the molecule is O=C(CNC(=O)c1cccc(F)c1)N/N=C\c1cc(Br)ccc1OC(=O)c1ccc([N+](=O)[O-])cc1. The predicted octanol–water partition coefficient (Wildman–Crippen LogP) is 3.60. The molecule has 0 bridgehead atoms. The van der Waals surface area contributed by atoms with Crippen LogP contribution in [0.5, 0.6) is 5.75 Å². The minimum atomic E-state index is -0.749. The Morgan fingerprint density at radius 2 is 1.80 bits per heavy atom. The van der Waals surface area contributed by atoms with E-state index in [2.05, 4.69) is 31.8 Å². The third-order valence-corrected chi connectivity index (χ3v) is 4.87. The van der Waals surface area contributed by atoms with Crippen LogP contribution in [0.4, 0.5) is 10.1 Å². The number of hydrogen-bond donors (Lipinski definition) is 2. The molecule has 2 N–H and O–H groups in total. The van der Waals surface area contributed by atoms with Gasteiger partial charge in [0, 0.05) is 27.7 Å². The molecule has 3 rings (SSSR count). The number of nitro groups is 1. The summed E-state index contributed by atoms with van der Waals surface area (Å²) in [5.74, 6) is -2.48. The number of rotatable bonds is 8. The van der Waals surface area contributed by atoms with Gasteiger partial charge in [-0.2, -0.15) is 5.10 Å². The molecule has 0 aromatic heterocycles. The molecule has 0 saturated carbocycles. The second-order valence-electron chi connectivity index (χ2n) is 6.86. The van der Waals surface area contributed by atoms with E-state index in [9.17, 15) is 28.9 Å². The Bertz CT molecular complexity index is 1310. The molecule has 0 aliphatic heterocycles. The maximum atomic E-state index is 13.2. The Morgan fingerprint density at radius 1 is 1.06 bits per heavy atom. The van der Waals surface area contributed by atoms with E-state index in [1.807, 2.05) is 0 Å². The fourth-order valence-corrected chi connectivity index (χ4v) is 3.08. The molecule has 0 spiro atoms. The molecule has 0 unspecified atom stereocenters. The number of nitrogens with zero attached hydrogens (tertiary/aromatic N) is 2. The van der Waals surface area contributed by atoms with Crippen LogP contribution in [0.15, 0.2) is 76.3 Å². The maximum Gasteiger partial charge on any atom is 0.343 e. The minimum Gasteiger partial charge on any atom is -0.422 e. The van der Waals surface area contributed by atoms with E-state index in [1.165, 1.54) is 54.7 Å². The van der Waals surface area contributed by atoms with Crippen molar-refractivity contribution in [3.8, 4) is 5.75 Å². The van der Waals surface area contributed by atoms with Crippen LogP contribution in [0.1, 0.15) is 26.3 Å². The van der Waals surface area contributed by atoms with Crippen molar-refractivity contribution in [2.75, 3.05) is 6.54 Å². The number of esters is 1. The molecule has 10 nitrogen and oxygen atoms in total. The Hall–Kier alpha value is -4.45. The molecule has 0 fully saturated rings. The van der Waals surface area contributed by atoms with Gasteiger partial charge < -0.3 is 10.1 Å². The summed E-state index contributed by atoms with van der Waals surface area (Å²) >= 11 is 3.29. The number of amides is 2. The quantitative estimate of drug-likeness (QED) is 0.146. The summed E-state index contributed by atoms with van der Waals surface area (Å²) in [6.45, 7) is -0.410. The molecule has 2 amide bonds. The van der Waals surface area contributed by atoms with Crippen LogP contribution in [0, 0.1) is 15.9 Å². The Labute approximate surface area is 206 Å². The highest BCUT2D eigenvalue weighted by atomic mass is 79.9. The zero-order chi connectivity index (χ0) is 25.4. The van der Waals surface area contributed by atoms with Crippen molar-refractivity contribution in [2.45, 2.75) is 0 Å². The number of ether oxygens (including phenoxy) is 1. The second kappa shape index (κ2) is 11.6. The number of nitrogens with one attached hydrogen (secondary N) is 2. The molecule has 12 heteroatoms. The van der Waals surface area contributed by atoms with Crippen molar-refractivity contribution in [3.63, 3.8) is 0 Å². The molecule has 178 valence electrons. The van der Waals surface area contributed by atoms with Crippen LogP contribution >= 0.6 is 15.9 Å². The fourth-order valence-electron chi connectivity index (χ4n) is 2.70. The van der Waals surface area contributed by atoms with Crippen LogP contribution in [0.3, 0.4) is 0 Å². The van der Waals surface area contributed by atoms with Crippen molar-refractivity contribution in [2.24, 2.45) is 5.10 Å². The van der Waals surface area contributed by atoms with Crippen molar-refractivity contribution >= 4 is 45.6 Å². The van der Waals surface area contributed by atoms with Gasteiger partial charge in [-0.15, -0.1) is 0 Å². The minimum absolute atomic E-state index is 0.0647. The highest BCUT2D eigenvalue weighted by Gasteiger charge is 2.14. The van der Waals surface area contributed by atoms with Crippen LogP contribution in [0.2, 0.25) is 0 Å². The fraction of sp³-hybridized carbons (Fsp3) is 0.0435. The first-order valence-corrected chi connectivity index (χ1v) is 10.6. The van der Waals surface area contributed by atoms with Gasteiger partial charge in [0.05, 0.1) is 23.2 Å². The monoisotopic (exact) mass is 542 g/mol. The number of hydrazone groups is 1. The normalized spacial score (nSPS) is 10.6. The van der Waals surface area contributed by atoms with Gasteiger partial charge in [0.15, 0.2) is 0 Å². The third-order valence-electron chi connectivity index (χ3n) is 4.38. The first kappa shape index (κ1) is 25.2. The van der Waals surface area contributed by atoms with Gasteiger partial charge in [-0.1, -0.05) is 22.0 Å². The van der Waals surface area contributed by atoms with Crippen molar-refractivity contribution < 1.29 is 28.4 Å². The summed E-state index contributed by atoms with van der Waals surface area (Å²) in [6, 6.07) is 14.6. The van der Waals surface area contributed by atoms with Crippen molar-refractivity contribution in [3.05, 3.63) is 104 Å². The number of carbonyl (C=O) groups excluding carboxylic acids is 3. The molecule has 3 aromatic carbocycles. The van der Waals surface area contributed by atoms with E-state index in [-0.39, 0.29) is 22.6 Å². The molecule has 0 aliphatic carbocycles. The third kappa shape index (κ3) is 7.27. The lowest BCUT2D eigenvalue weighted by molar-refractivity contribution is -0.384. The van der Waals surface area contributed by atoms with Crippen LogP contribution < -0.4 is 15.5 Å². The van der Waals surface area contributed by atoms with E-state index in [4.69, 9.17) is 4.74 Å². The lowest BCUT2D eigenvalue weighted by Gasteiger charge is -2.08. The summed E-state index contributed by atoms with van der Waals surface area (Å²) in [5, 5.41) is 16.9.